The predicted octanol–water partition coefficient (Wildman–Crippen LogP) is 3.57. The van der Waals surface area contributed by atoms with E-state index in [2.05, 4.69) is 15.0 Å². The maximum absolute atomic E-state index is 13.0. The molecule has 0 radical (unpaired) electrons. The summed E-state index contributed by atoms with van der Waals surface area (Å²) >= 11 is 0. The van der Waals surface area contributed by atoms with E-state index >= 15 is 0 Å². The standard InChI is InChI=1S/C20H18F6N2O4/c1-31-17-12(4-3-5-27-17)9-15(18(30)32-2)28-16(29)8-11-6-13(19(21,22)23)10-14(7-11)20(24,25)26/h3-7,10,15H,8-9H2,1-2H3,(H,28,29)/t15-/m1/s1. The molecule has 0 fully saturated rings. The first-order valence-corrected chi connectivity index (χ1v) is 8.98. The van der Waals surface area contributed by atoms with Crippen LogP contribution in [0.1, 0.15) is 22.3 Å². The van der Waals surface area contributed by atoms with Crippen LogP contribution in [0.3, 0.4) is 0 Å². The van der Waals surface area contributed by atoms with Gasteiger partial charge in [-0.2, -0.15) is 26.3 Å². The summed E-state index contributed by atoms with van der Waals surface area (Å²) in [6.07, 6.45) is -9.62. The lowest BCUT2D eigenvalue weighted by atomic mass is 10.0. The smallest absolute Gasteiger partial charge is 0.416 e. The first-order chi connectivity index (χ1) is 14.8. The number of esters is 1. The van der Waals surface area contributed by atoms with Crippen LogP contribution in [0.5, 0.6) is 5.88 Å². The number of carbonyl (C=O) groups excluding carboxylic acids is 2. The molecule has 0 aliphatic heterocycles. The summed E-state index contributed by atoms with van der Waals surface area (Å²) in [6.45, 7) is 0. The summed E-state index contributed by atoms with van der Waals surface area (Å²) < 4.78 is 87.7. The fourth-order valence-electron chi connectivity index (χ4n) is 2.87. The van der Waals surface area contributed by atoms with Crippen LogP contribution in [-0.2, 0) is 39.5 Å². The fraction of sp³-hybridized carbons (Fsp3) is 0.350. The third-order valence-corrected chi connectivity index (χ3v) is 4.30. The summed E-state index contributed by atoms with van der Waals surface area (Å²) in [6, 6.07) is 2.70. The number of carbonyl (C=O) groups is 2. The highest BCUT2D eigenvalue weighted by molar-refractivity contribution is 5.86. The number of alkyl halides is 6. The van der Waals surface area contributed by atoms with Crippen LogP contribution in [-0.4, -0.2) is 37.1 Å². The molecule has 0 spiro atoms. The van der Waals surface area contributed by atoms with E-state index in [1.54, 1.807) is 12.1 Å². The van der Waals surface area contributed by atoms with Crippen LogP contribution in [0.2, 0.25) is 0 Å². The lowest BCUT2D eigenvalue weighted by Gasteiger charge is -2.18. The van der Waals surface area contributed by atoms with Gasteiger partial charge in [-0.05, 0) is 29.8 Å². The molecule has 12 heteroatoms. The van der Waals surface area contributed by atoms with E-state index < -0.39 is 53.4 Å². The van der Waals surface area contributed by atoms with E-state index in [1.807, 2.05) is 0 Å². The number of nitrogens with zero attached hydrogens (tertiary/aromatic N) is 1. The summed E-state index contributed by atoms with van der Waals surface area (Å²) in [5.74, 6) is -1.68. The van der Waals surface area contributed by atoms with E-state index in [1.165, 1.54) is 13.3 Å². The van der Waals surface area contributed by atoms with Crippen molar-refractivity contribution in [3.8, 4) is 5.88 Å². The topological polar surface area (TPSA) is 77.5 Å². The predicted molar refractivity (Wildman–Crippen MR) is 98.6 cm³/mol. The Morgan fingerprint density at radius 2 is 1.62 bits per heavy atom. The molecule has 1 aromatic heterocycles. The van der Waals surface area contributed by atoms with Gasteiger partial charge in [-0.25, -0.2) is 9.78 Å². The minimum atomic E-state index is -5.04. The summed E-state index contributed by atoms with van der Waals surface area (Å²) in [5, 5.41) is 2.27. The van der Waals surface area contributed by atoms with Crippen molar-refractivity contribution in [3.63, 3.8) is 0 Å². The van der Waals surface area contributed by atoms with E-state index in [0.29, 0.717) is 17.7 Å². The van der Waals surface area contributed by atoms with Gasteiger partial charge < -0.3 is 14.8 Å². The van der Waals surface area contributed by atoms with Gasteiger partial charge in [0.25, 0.3) is 0 Å². The zero-order valence-corrected chi connectivity index (χ0v) is 16.8. The van der Waals surface area contributed by atoms with Crippen LogP contribution >= 0.6 is 0 Å². The van der Waals surface area contributed by atoms with Crippen molar-refractivity contribution < 1.29 is 45.4 Å². The second-order valence-corrected chi connectivity index (χ2v) is 6.61. The maximum Gasteiger partial charge on any atom is 0.416 e. The average Bonchev–Trinajstić information content (AvgIpc) is 2.71. The molecule has 0 saturated carbocycles. The minimum Gasteiger partial charge on any atom is -0.481 e. The molecule has 1 aromatic carbocycles. The van der Waals surface area contributed by atoms with Crippen LogP contribution in [0.4, 0.5) is 26.3 Å². The van der Waals surface area contributed by atoms with Gasteiger partial charge in [0.15, 0.2) is 0 Å². The maximum atomic E-state index is 13.0. The zero-order valence-electron chi connectivity index (χ0n) is 16.8. The van der Waals surface area contributed by atoms with Crippen molar-refractivity contribution in [2.24, 2.45) is 0 Å². The number of pyridine rings is 1. The summed E-state index contributed by atoms with van der Waals surface area (Å²) in [5.41, 5.74) is -3.18. The number of aromatic nitrogens is 1. The molecule has 2 rings (SSSR count). The Morgan fingerprint density at radius 1 is 1.03 bits per heavy atom. The molecule has 1 N–H and O–H groups in total. The Morgan fingerprint density at radius 3 is 2.12 bits per heavy atom. The molecule has 0 unspecified atom stereocenters. The largest absolute Gasteiger partial charge is 0.481 e. The van der Waals surface area contributed by atoms with Gasteiger partial charge in [0.05, 0.1) is 31.8 Å². The molecular formula is C20H18F6N2O4. The van der Waals surface area contributed by atoms with E-state index in [9.17, 15) is 35.9 Å². The molecule has 1 atom stereocenters. The van der Waals surface area contributed by atoms with Crippen molar-refractivity contribution in [2.75, 3.05) is 14.2 Å². The van der Waals surface area contributed by atoms with Crippen molar-refractivity contribution in [1.29, 1.82) is 0 Å². The molecule has 174 valence electrons. The first kappa shape index (κ1) is 25.0. The van der Waals surface area contributed by atoms with Gasteiger partial charge in [0, 0.05) is 18.2 Å². The quantitative estimate of drug-likeness (QED) is 0.501. The number of rotatable bonds is 7. The molecule has 0 aliphatic carbocycles. The Kier molecular flexibility index (Phi) is 7.70. The first-order valence-electron chi connectivity index (χ1n) is 8.98. The van der Waals surface area contributed by atoms with Gasteiger partial charge in [-0.3, -0.25) is 4.79 Å². The Bertz CT molecular complexity index is 943. The monoisotopic (exact) mass is 464 g/mol. The highest BCUT2D eigenvalue weighted by Gasteiger charge is 2.37. The number of benzene rings is 1. The lowest BCUT2D eigenvalue weighted by Crippen LogP contribution is -2.43. The third kappa shape index (κ3) is 6.59. The Hall–Kier alpha value is -3.31. The van der Waals surface area contributed by atoms with E-state index in [-0.39, 0.29) is 18.4 Å². The summed E-state index contributed by atoms with van der Waals surface area (Å²) in [4.78, 5) is 28.4. The number of methoxy groups -OCH3 is 2. The average molecular weight is 464 g/mol. The second kappa shape index (κ2) is 9.88. The number of ether oxygens (including phenoxy) is 2. The highest BCUT2D eigenvalue weighted by atomic mass is 19.4. The molecule has 0 saturated heterocycles. The number of halogens is 6. The van der Waals surface area contributed by atoms with Crippen molar-refractivity contribution in [2.45, 2.75) is 31.2 Å². The van der Waals surface area contributed by atoms with E-state index in [0.717, 1.165) is 7.11 Å². The highest BCUT2D eigenvalue weighted by Crippen LogP contribution is 2.36. The molecule has 2 aromatic rings. The van der Waals surface area contributed by atoms with Crippen molar-refractivity contribution in [3.05, 3.63) is 58.8 Å². The van der Waals surface area contributed by atoms with Gasteiger partial charge >= 0.3 is 18.3 Å². The zero-order chi connectivity index (χ0) is 24.1. The van der Waals surface area contributed by atoms with Crippen LogP contribution in [0.25, 0.3) is 0 Å². The Labute approximate surface area is 178 Å². The van der Waals surface area contributed by atoms with Gasteiger partial charge in [-0.1, -0.05) is 6.07 Å². The normalized spacial score (nSPS) is 12.8. The molecule has 1 heterocycles. The number of amides is 1. The fourth-order valence-corrected chi connectivity index (χ4v) is 2.87. The Balaban J connectivity index is 2.27. The number of nitrogens with one attached hydrogen (secondary N) is 1. The van der Waals surface area contributed by atoms with Crippen LogP contribution in [0, 0.1) is 0 Å². The molecule has 32 heavy (non-hydrogen) atoms. The lowest BCUT2D eigenvalue weighted by molar-refractivity contribution is -0.145. The molecule has 6 nitrogen and oxygen atoms in total. The van der Waals surface area contributed by atoms with Crippen LogP contribution < -0.4 is 10.1 Å². The SMILES string of the molecule is COC(=O)[C@@H](Cc1cccnc1OC)NC(=O)Cc1cc(C(F)(F)F)cc(C(F)(F)F)c1. The van der Waals surface area contributed by atoms with Gasteiger partial charge in [0.2, 0.25) is 11.8 Å². The molecule has 1 amide bonds. The summed E-state index contributed by atoms with van der Waals surface area (Å²) in [7, 11) is 2.40. The second-order valence-electron chi connectivity index (χ2n) is 6.61. The van der Waals surface area contributed by atoms with Crippen LogP contribution in [0.15, 0.2) is 36.5 Å². The van der Waals surface area contributed by atoms with Crippen molar-refractivity contribution >= 4 is 11.9 Å². The number of hydrogen-bond donors (Lipinski definition) is 1. The van der Waals surface area contributed by atoms with Gasteiger partial charge in [0.1, 0.15) is 6.04 Å². The van der Waals surface area contributed by atoms with E-state index in [4.69, 9.17) is 4.74 Å². The number of hydrogen-bond acceptors (Lipinski definition) is 5. The van der Waals surface area contributed by atoms with Gasteiger partial charge in [-0.15, -0.1) is 0 Å². The molecular weight excluding hydrogens is 446 g/mol. The molecule has 0 bridgehead atoms. The third-order valence-electron chi connectivity index (χ3n) is 4.30. The van der Waals surface area contributed by atoms with Crippen molar-refractivity contribution in [1.82, 2.24) is 10.3 Å². The minimum absolute atomic E-state index is 0.0344. The molecule has 0 aliphatic rings.